The van der Waals surface area contributed by atoms with Crippen LogP contribution in [-0.2, 0) is 4.79 Å². The van der Waals surface area contributed by atoms with Crippen LogP contribution in [-0.4, -0.2) is 43.8 Å². The number of rotatable bonds is 8. The Morgan fingerprint density at radius 2 is 0.950 bits per heavy atom. The summed E-state index contributed by atoms with van der Waals surface area (Å²) >= 11 is 0. The first-order valence-corrected chi connectivity index (χ1v) is 6.42. The van der Waals surface area contributed by atoms with Crippen LogP contribution < -0.4 is 0 Å². The van der Waals surface area contributed by atoms with Gasteiger partial charge in [0.1, 0.15) is 0 Å². The monoisotopic (exact) mass is 272 g/mol. The van der Waals surface area contributed by atoms with E-state index in [-0.39, 0.29) is 5.78 Å². The third-order valence-corrected chi connectivity index (χ3v) is 1.96. The molecule has 0 spiro atoms. The Morgan fingerprint density at radius 1 is 0.600 bits per heavy atom. The van der Waals surface area contributed by atoms with Gasteiger partial charge in [-0.1, -0.05) is 36.5 Å². The predicted molar refractivity (Wildman–Crippen MR) is 87.2 cm³/mol. The lowest BCUT2D eigenvalue weighted by Crippen LogP contribution is -1.99. The van der Waals surface area contributed by atoms with Gasteiger partial charge in [0, 0.05) is 28.2 Å². The number of carbonyl (C=O) groups excluding carboxylic acids is 1. The highest BCUT2D eigenvalue weighted by Gasteiger charge is 1.83. The van der Waals surface area contributed by atoms with Gasteiger partial charge < -0.3 is 9.80 Å². The molecule has 0 radical (unpaired) electrons. The SMILES string of the molecule is CN(C)C=CC=CC=CC(=O)C=CC=CC=CN(C)C. The number of ketones is 1. The molecule has 0 aliphatic heterocycles. The molecule has 108 valence electrons. The molecule has 0 amide bonds. The first-order chi connectivity index (χ1) is 9.52. The minimum absolute atomic E-state index is 0.0347. The Hall–Kier alpha value is -2.29. The van der Waals surface area contributed by atoms with Crippen LogP contribution >= 0.6 is 0 Å². The minimum atomic E-state index is -0.0347. The van der Waals surface area contributed by atoms with E-state index >= 15 is 0 Å². The number of allylic oxidation sites excluding steroid dienone is 10. The maximum absolute atomic E-state index is 11.4. The fraction of sp³-hybridized carbons (Fsp3) is 0.235. The van der Waals surface area contributed by atoms with E-state index in [4.69, 9.17) is 0 Å². The van der Waals surface area contributed by atoms with Crippen LogP contribution in [0.5, 0.6) is 0 Å². The predicted octanol–water partition coefficient (Wildman–Crippen LogP) is 2.93. The lowest BCUT2D eigenvalue weighted by molar-refractivity contribution is -0.110. The molecule has 0 aromatic rings. The summed E-state index contributed by atoms with van der Waals surface area (Å²) in [7, 11) is 7.82. The van der Waals surface area contributed by atoms with Gasteiger partial charge in [0.05, 0.1) is 0 Å². The van der Waals surface area contributed by atoms with E-state index in [1.165, 1.54) is 12.2 Å². The van der Waals surface area contributed by atoms with Gasteiger partial charge in [-0.25, -0.2) is 0 Å². The average Bonchev–Trinajstić information content (AvgIpc) is 2.37. The van der Waals surface area contributed by atoms with Gasteiger partial charge in [-0.3, -0.25) is 4.79 Å². The molecule has 0 bridgehead atoms. The average molecular weight is 272 g/mol. The smallest absolute Gasteiger partial charge is 0.178 e. The Kier molecular flexibility index (Phi) is 10.4. The highest BCUT2D eigenvalue weighted by atomic mass is 16.1. The van der Waals surface area contributed by atoms with E-state index in [0.717, 1.165) is 0 Å². The molecular weight excluding hydrogens is 248 g/mol. The van der Waals surface area contributed by atoms with Crippen molar-refractivity contribution in [2.24, 2.45) is 0 Å². The zero-order chi connectivity index (χ0) is 15.2. The van der Waals surface area contributed by atoms with Crippen molar-refractivity contribution in [3.63, 3.8) is 0 Å². The molecule has 0 saturated carbocycles. The van der Waals surface area contributed by atoms with Crippen molar-refractivity contribution in [2.45, 2.75) is 0 Å². The summed E-state index contributed by atoms with van der Waals surface area (Å²) in [4.78, 5) is 15.3. The standard InChI is InChI=1S/C17H24N2O/c1-18(2)15-11-7-5-9-13-17(20)14-10-6-8-12-16-19(3)4/h5-16H,1-4H3. The van der Waals surface area contributed by atoms with Crippen molar-refractivity contribution in [3.05, 3.63) is 73.2 Å². The van der Waals surface area contributed by atoms with Gasteiger partial charge in [0.25, 0.3) is 0 Å². The topological polar surface area (TPSA) is 23.6 Å². The molecule has 3 nitrogen and oxygen atoms in total. The fourth-order valence-corrected chi connectivity index (χ4v) is 1.06. The van der Waals surface area contributed by atoms with Crippen LogP contribution in [0.1, 0.15) is 0 Å². The Morgan fingerprint density at radius 3 is 1.30 bits per heavy atom. The summed E-state index contributed by atoms with van der Waals surface area (Å²) in [5.41, 5.74) is 0. The van der Waals surface area contributed by atoms with Gasteiger partial charge >= 0.3 is 0 Å². The molecule has 0 atom stereocenters. The quantitative estimate of drug-likeness (QED) is 0.501. The number of carbonyl (C=O) groups is 1. The summed E-state index contributed by atoms with van der Waals surface area (Å²) in [5, 5.41) is 0. The summed E-state index contributed by atoms with van der Waals surface area (Å²) in [5.74, 6) is -0.0347. The van der Waals surface area contributed by atoms with E-state index in [9.17, 15) is 4.79 Å². The highest BCUT2D eigenvalue weighted by molar-refractivity contribution is 5.99. The largest absolute Gasteiger partial charge is 0.383 e. The fourth-order valence-electron chi connectivity index (χ4n) is 1.06. The van der Waals surface area contributed by atoms with Crippen molar-refractivity contribution >= 4 is 5.78 Å². The van der Waals surface area contributed by atoms with Crippen LogP contribution in [0.2, 0.25) is 0 Å². The van der Waals surface area contributed by atoms with E-state index in [1.54, 1.807) is 12.2 Å². The van der Waals surface area contributed by atoms with Crippen molar-refractivity contribution in [2.75, 3.05) is 28.2 Å². The molecule has 20 heavy (non-hydrogen) atoms. The molecule has 0 aliphatic carbocycles. The van der Waals surface area contributed by atoms with Gasteiger partial charge in [-0.2, -0.15) is 0 Å². The molecule has 0 aromatic carbocycles. The Bertz CT molecular complexity index is 396. The maximum atomic E-state index is 11.4. The molecule has 0 aromatic heterocycles. The minimum Gasteiger partial charge on any atom is -0.383 e. The van der Waals surface area contributed by atoms with Crippen LogP contribution in [0.25, 0.3) is 0 Å². The van der Waals surface area contributed by atoms with Gasteiger partial charge in [-0.05, 0) is 36.7 Å². The normalized spacial score (nSPS) is 13.0. The molecule has 3 heteroatoms. The maximum Gasteiger partial charge on any atom is 0.178 e. The lowest BCUT2D eigenvalue weighted by atomic mass is 10.3. The van der Waals surface area contributed by atoms with Gasteiger partial charge in [-0.15, -0.1) is 0 Å². The summed E-state index contributed by atoms with van der Waals surface area (Å²) in [6, 6.07) is 0. The summed E-state index contributed by atoms with van der Waals surface area (Å²) < 4.78 is 0. The molecule has 0 N–H and O–H groups in total. The Balaban J connectivity index is 4.04. The van der Waals surface area contributed by atoms with E-state index in [2.05, 4.69) is 0 Å². The zero-order valence-electron chi connectivity index (χ0n) is 12.7. The van der Waals surface area contributed by atoms with Crippen LogP contribution in [0.3, 0.4) is 0 Å². The third-order valence-electron chi connectivity index (χ3n) is 1.96. The van der Waals surface area contributed by atoms with Crippen molar-refractivity contribution in [1.29, 1.82) is 0 Å². The van der Waals surface area contributed by atoms with E-state index in [1.807, 2.05) is 86.8 Å². The van der Waals surface area contributed by atoms with Crippen LogP contribution in [0, 0.1) is 0 Å². The number of hydrogen-bond acceptors (Lipinski definition) is 3. The number of nitrogens with zero attached hydrogens (tertiary/aromatic N) is 2. The van der Waals surface area contributed by atoms with Crippen molar-refractivity contribution < 1.29 is 4.79 Å². The second-order valence-electron chi connectivity index (χ2n) is 4.50. The van der Waals surface area contributed by atoms with Crippen LogP contribution in [0.4, 0.5) is 0 Å². The van der Waals surface area contributed by atoms with Crippen molar-refractivity contribution in [3.8, 4) is 0 Å². The lowest BCUT2D eigenvalue weighted by Gasteiger charge is -2.00. The third kappa shape index (κ3) is 13.8. The molecular formula is C17H24N2O. The van der Waals surface area contributed by atoms with Crippen molar-refractivity contribution in [1.82, 2.24) is 9.80 Å². The Labute approximate surface area is 122 Å². The second kappa shape index (κ2) is 11.8. The molecule has 0 heterocycles. The van der Waals surface area contributed by atoms with E-state index in [0.29, 0.717) is 0 Å². The molecule has 0 unspecified atom stereocenters. The molecule has 0 saturated heterocycles. The summed E-state index contributed by atoms with van der Waals surface area (Å²) in [6.45, 7) is 0. The summed E-state index contributed by atoms with van der Waals surface area (Å²) in [6.07, 6.45) is 21.6. The second-order valence-corrected chi connectivity index (χ2v) is 4.50. The highest BCUT2D eigenvalue weighted by Crippen LogP contribution is 1.87. The molecule has 0 rings (SSSR count). The molecule has 0 aliphatic rings. The number of hydrogen-bond donors (Lipinski definition) is 0. The van der Waals surface area contributed by atoms with E-state index < -0.39 is 0 Å². The van der Waals surface area contributed by atoms with Crippen LogP contribution in [0.15, 0.2) is 73.2 Å². The first-order valence-electron chi connectivity index (χ1n) is 6.42. The van der Waals surface area contributed by atoms with Gasteiger partial charge in [0.15, 0.2) is 5.78 Å². The van der Waals surface area contributed by atoms with Gasteiger partial charge in [0.2, 0.25) is 0 Å². The first kappa shape index (κ1) is 17.7. The zero-order valence-corrected chi connectivity index (χ0v) is 12.7. The molecule has 0 fully saturated rings.